The molecule has 0 bridgehead atoms. The minimum Gasteiger partial charge on any atom is -0.457 e. The fourth-order valence-electron chi connectivity index (χ4n) is 1.57. The molecule has 1 fully saturated rings. The first-order valence-electron chi connectivity index (χ1n) is 5.18. The van der Waals surface area contributed by atoms with Crippen molar-refractivity contribution in [3.8, 4) is 0 Å². The smallest absolute Gasteiger partial charge is 0.374 e. The van der Waals surface area contributed by atoms with Crippen LogP contribution in [0.25, 0.3) is 0 Å². The van der Waals surface area contributed by atoms with E-state index in [1.807, 2.05) is 0 Å². The summed E-state index contributed by atoms with van der Waals surface area (Å²) in [5, 5.41) is 0. The molecule has 1 aromatic rings. The molecule has 1 aromatic heterocycles. The third-order valence-electron chi connectivity index (χ3n) is 2.40. The lowest BCUT2D eigenvalue weighted by Crippen LogP contribution is -2.25. The molecule has 0 N–H and O–H groups in total. The zero-order valence-electron chi connectivity index (χ0n) is 8.48. The summed E-state index contributed by atoms with van der Waals surface area (Å²) in [7, 11) is 0. The van der Waals surface area contributed by atoms with E-state index in [9.17, 15) is 4.79 Å². The average Bonchev–Trinajstić information content (AvgIpc) is 2.81. The second-order valence-electron chi connectivity index (χ2n) is 3.56. The molecular formula is C11H14O4. The van der Waals surface area contributed by atoms with Crippen LogP contribution < -0.4 is 0 Å². The first-order valence-corrected chi connectivity index (χ1v) is 5.18. The van der Waals surface area contributed by atoms with Crippen LogP contribution in [-0.4, -0.2) is 25.3 Å². The third kappa shape index (κ3) is 2.83. The van der Waals surface area contributed by atoms with Crippen molar-refractivity contribution in [1.82, 2.24) is 0 Å². The summed E-state index contributed by atoms with van der Waals surface area (Å²) in [6.45, 7) is 1.09. The molecule has 82 valence electrons. The summed E-state index contributed by atoms with van der Waals surface area (Å²) < 4.78 is 15.4. The number of furan rings is 1. The van der Waals surface area contributed by atoms with Crippen LogP contribution in [0.15, 0.2) is 22.8 Å². The van der Waals surface area contributed by atoms with Crippen LogP contribution in [0, 0.1) is 0 Å². The Balaban J connectivity index is 1.75. The Kier molecular flexibility index (Phi) is 3.40. The SMILES string of the molecule is O=C(OCC1CCCCO1)c1ccco1. The Labute approximate surface area is 88.2 Å². The molecule has 4 nitrogen and oxygen atoms in total. The van der Waals surface area contributed by atoms with Crippen molar-refractivity contribution in [2.75, 3.05) is 13.2 Å². The maximum Gasteiger partial charge on any atom is 0.374 e. The second-order valence-corrected chi connectivity index (χ2v) is 3.56. The zero-order chi connectivity index (χ0) is 10.5. The molecule has 0 spiro atoms. The van der Waals surface area contributed by atoms with Gasteiger partial charge in [-0.1, -0.05) is 0 Å². The number of ether oxygens (including phenoxy) is 2. The maximum atomic E-state index is 11.4. The van der Waals surface area contributed by atoms with Gasteiger partial charge in [0.2, 0.25) is 5.76 Å². The summed E-state index contributed by atoms with van der Waals surface area (Å²) in [4.78, 5) is 11.4. The number of carbonyl (C=O) groups excluding carboxylic acids is 1. The first kappa shape index (κ1) is 10.2. The molecule has 0 saturated carbocycles. The Bertz CT molecular complexity index is 298. The number of hydrogen-bond donors (Lipinski definition) is 0. The van der Waals surface area contributed by atoms with Gasteiger partial charge in [-0.05, 0) is 31.4 Å². The van der Waals surface area contributed by atoms with E-state index in [-0.39, 0.29) is 11.9 Å². The van der Waals surface area contributed by atoms with Crippen LogP contribution in [0.4, 0.5) is 0 Å². The number of hydrogen-bond acceptors (Lipinski definition) is 4. The highest BCUT2D eigenvalue weighted by atomic mass is 16.6. The lowest BCUT2D eigenvalue weighted by atomic mass is 10.1. The normalized spacial score (nSPS) is 21.2. The number of esters is 1. The molecule has 0 radical (unpaired) electrons. The topological polar surface area (TPSA) is 48.7 Å². The highest BCUT2D eigenvalue weighted by Crippen LogP contribution is 2.13. The van der Waals surface area contributed by atoms with E-state index in [2.05, 4.69) is 0 Å². The van der Waals surface area contributed by atoms with Crippen LogP contribution in [0.1, 0.15) is 29.8 Å². The molecule has 15 heavy (non-hydrogen) atoms. The molecule has 0 amide bonds. The molecule has 1 aliphatic heterocycles. The van der Waals surface area contributed by atoms with Gasteiger partial charge in [0.25, 0.3) is 0 Å². The van der Waals surface area contributed by atoms with Gasteiger partial charge in [-0.3, -0.25) is 0 Å². The van der Waals surface area contributed by atoms with Crippen molar-refractivity contribution >= 4 is 5.97 Å². The Morgan fingerprint density at radius 1 is 1.53 bits per heavy atom. The molecule has 1 unspecified atom stereocenters. The molecule has 4 heteroatoms. The summed E-state index contributed by atoms with van der Waals surface area (Å²) in [6, 6.07) is 3.25. The standard InChI is InChI=1S/C11H14O4/c12-11(10-5-3-7-14-10)15-8-9-4-1-2-6-13-9/h3,5,7,9H,1-2,4,6,8H2. The lowest BCUT2D eigenvalue weighted by molar-refractivity contribution is -0.0311. The molecule has 0 aliphatic carbocycles. The van der Waals surface area contributed by atoms with Crippen LogP contribution >= 0.6 is 0 Å². The van der Waals surface area contributed by atoms with Gasteiger partial charge in [-0.25, -0.2) is 4.79 Å². The van der Waals surface area contributed by atoms with Gasteiger partial charge in [0.15, 0.2) is 0 Å². The minimum atomic E-state index is -0.422. The summed E-state index contributed by atoms with van der Waals surface area (Å²) in [5.41, 5.74) is 0. The maximum absolute atomic E-state index is 11.4. The van der Waals surface area contributed by atoms with E-state index in [4.69, 9.17) is 13.9 Å². The fraction of sp³-hybridized carbons (Fsp3) is 0.545. The quantitative estimate of drug-likeness (QED) is 0.716. The van der Waals surface area contributed by atoms with Crippen molar-refractivity contribution in [3.63, 3.8) is 0 Å². The van der Waals surface area contributed by atoms with E-state index < -0.39 is 5.97 Å². The Morgan fingerprint density at radius 2 is 2.47 bits per heavy atom. The first-order chi connectivity index (χ1) is 7.36. The predicted octanol–water partition coefficient (Wildman–Crippen LogP) is 2.01. The van der Waals surface area contributed by atoms with Gasteiger partial charge in [0, 0.05) is 6.61 Å². The average molecular weight is 210 g/mol. The second kappa shape index (κ2) is 4.98. The Morgan fingerprint density at radius 3 is 3.13 bits per heavy atom. The summed E-state index contributed by atoms with van der Waals surface area (Å²) >= 11 is 0. The highest BCUT2D eigenvalue weighted by Gasteiger charge is 2.17. The molecule has 1 aliphatic rings. The van der Waals surface area contributed by atoms with Gasteiger partial charge >= 0.3 is 5.97 Å². The Hall–Kier alpha value is -1.29. The van der Waals surface area contributed by atoms with Crippen molar-refractivity contribution in [2.24, 2.45) is 0 Å². The highest BCUT2D eigenvalue weighted by molar-refractivity contribution is 5.86. The van der Waals surface area contributed by atoms with Crippen LogP contribution in [0.3, 0.4) is 0 Å². The van der Waals surface area contributed by atoms with Crippen molar-refractivity contribution in [1.29, 1.82) is 0 Å². The molecule has 2 rings (SSSR count). The van der Waals surface area contributed by atoms with E-state index >= 15 is 0 Å². The molecular weight excluding hydrogens is 196 g/mol. The summed E-state index contributed by atoms with van der Waals surface area (Å²) in [6.07, 6.45) is 4.71. The van der Waals surface area contributed by atoms with Gasteiger partial charge in [0.05, 0.1) is 12.4 Å². The van der Waals surface area contributed by atoms with Crippen molar-refractivity contribution in [2.45, 2.75) is 25.4 Å². The summed E-state index contributed by atoms with van der Waals surface area (Å²) in [5.74, 6) is -0.181. The van der Waals surface area contributed by atoms with Gasteiger partial charge in [0.1, 0.15) is 6.61 Å². The monoisotopic (exact) mass is 210 g/mol. The van der Waals surface area contributed by atoms with E-state index in [1.54, 1.807) is 12.1 Å². The zero-order valence-corrected chi connectivity index (χ0v) is 8.48. The largest absolute Gasteiger partial charge is 0.457 e. The van der Waals surface area contributed by atoms with Gasteiger partial charge < -0.3 is 13.9 Å². The molecule has 2 heterocycles. The van der Waals surface area contributed by atoms with E-state index in [1.165, 1.54) is 6.26 Å². The third-order valence-corrected chi connectivity index (χ3v) is 2.40. The van der Waals surface area contributed by atoms with Crippen LogP contribution in [-0.2, 0) is 9.47 Å². The number of carbonyl (C=O) groups is 1. The van der Waals surface area contributed by atoms with Crippen LogP contribution in [0.5, 0.6) is 0 Å². The van der Waals surface area contributed by atoms with Gasteiger partial charge in [-0.15, -0.1) is 0 Å². The minimum absolute atomic E-state index is 0.0534. The fourth-order valence-corrected chi connectivity index (χ4v) is 1.57. The predicted molar refractivity (Wildman–Crippen MR) is 52.6 cm³/mol. The molecule has 0 aromatic carbocycles. The van der Waals surface area contributed by atoms with Crippen molar-refractivity contribution in [3.05, 3.63) is 24.2 Å². The lowest BCUT2D eigenvalue weighted by Gasteiger charge is -2.21. The van der Waals surface area contributed by atoms with Crippen LogP contribution in [0.2, 0.25) is 0 Å². The van der Waals surface area contributed by atoms with Crippen molar-refractivity contribution < 1.29 is 18.7 Å². The van der Waals surface area contributed by atoms with E-state index in [0.29, 0.717) is 6.61 Å². The molecule has 1 saturated heterocycles. The van der Waals surface area contributed by atoms with Gasteiger partial charge in [-0.2, -0.15) is 0 Å². The van der Waals surface area contributed by atoms with E-state index in [0.717, 1.165) is 25.9 Å². The number of rotatable bonds is 3. The molecule has 1 atom stereocenters.